The summed E-state index contributed by atoms with van der Waals surface area (Å²) in [6.07, 6.45) is 13.6. The number of ether oxygens (including phenoxy) is 1. The van der Waals surface area contributed by atoms with E-state index in [1.807, 2.05) is 36.0 Å². The molecule has 4 bridgehead atoms. The summed E-state index contributed by atoms with van der Waals surface area (Å²) in [6.45, 7) is -0.243. The van der Waals surface area contributed by atoms with Crippen molar-refractivity contribution in [2.45, 2.75) is 87.2 Å². The number of furan rings is 1. The smallest absolute Gasteiger partial charge is 0.375 e. The number of thioether (sulfide) groups is 1. The van der Waals surface area contributed by atoms with E-state index in [4.69, 9.17) is 9.15 Å². The van der Waals surface area contributed by atoms with Crippen molar-refractivity contribution in [3.63, 3.8) is 0 Å². The fourth-order valence-electron chi connectivity index (χ4n) is 7.63. The number of hydrogen-bond donors (Lipinski definition) is 1. The fraction of sp³-hybridized carbons (Fsp3) is 0.643. The van der Waals surface area contributed by atoms with Gasteiger partial charge in [-0.2, -0.15) is 11.8 Å². The van der Waals surface area contributed by atoms with E-state index in [1.165, 1.54) is 51.4 Å². The van der Waals surface area contributed by atoms with Gasteiger partial charge in [0, 0.05) is 27.5 Å². The van der Waals surface area contributed by atoms with Gasteiger partial charge in [0.1, 0.15) is 5.58 Å². The first-order valence-corrected chi connectivity index (χ1v) is 14.2. The van der Waals surface area contributed by atoms with Gasteiger partial charge < -0.3 is 14.5 Å². The lowest BCUT2D eigenvalue weighted by molar-refractivity contribution is -0.130. The van der Waals surface area contributed by atoms with Gasteiger partial charge in [0.15, 0.2) is 6.61 Å². The van der Waals surface area contributed by atoms with Crippen molar-refractivity contribution in [3.8, 4) is 0 Å². The summed E-state index contributed by atoms with van der Waals surface area (Å²) in [5, 5.41) is 4.89. The van der Waals surface area contributed by atoms with Gasteiger partial charge >= 0.3 is 5.97 Å². The van der Waals surface area contributed by atoms with Crippen molar-refractivity contribution in [1.29, 1.82) is 0 Å². The molecular weight excluding hydrogens is 446 g/mol. The third-order valence-electron chi connectivity index (χ3n) is 8.68. The quantitative estimate of drug-likeness (QED) is 0.474. The molecule has 5 saturated carbocycles. The maximum atomic E-state index is 13.0. The van der Waals surface area contributed by atoms with Crippen LogP contribution >= 0.6 is 11.8 Å². The van der Waals surface area contributed by atoms with Crippen LogP contribution < -0.4 is 5.32 Å². The molecule has 0 radical (unpaired) electrons. The molecule has 0 aliphatic heterocycles. The number of amides is 1. The summed E-state index contributed by atoms with van der Waals surface area (Å²) in [4.78, 5) is 25.9. The number of carbonyl (C=O) groups excluding carboxylic acids is 2. The van der Waals surface area contributed by atoms with E-state index in [-0.39, 0.29) is 23.8 Å². The summed E-state index contributed by atoms with van der Waals surface area (Å²) >= 11 is 1.92. The van der Waals surface area contributed by atoms with Gasteiger partial charge in [0.2, 0.25) is 5.76 Å². The average Bonchev–Trinajstić information content (AvgIpc) is 3.19. The van der Waals surface area contributed by atoms with Crippen LogP contribution in [0.4, 0.5) is 0 Å². The monoisotopic (exact) mass is 481 g/mol. The van der Waals surface area contributed by atoms with Gasteiger partial charge in [0.25, 0.3) is 5.91 Å². The Bertz CT molecular complexity index is 1030. The van der Waals surface area contributed by atoms with Gasteiger partial charge in [-0.25, -0.2) is 4.79 Å². The average molecular weight is 482 g/mol. The largest absolute Gasteiger partial charge is 0.450 e. The lowest BCUT2D eigenvalue weighted by atomic mass is 9.53. The van der Waals surface area contributed by atoms with Crippen LogP contribution in [0.1, 0.15) is 86.7 Å². The molecule has 5 aliphatic carbocycles. The SMILES string of the molecule is O=C(COC(=O)c1oc2ccccc2c1CSC1CCCCC1)NC12CC3CC(CC(C3)C1)C2. The van der Waals surface area contributed by atoms with Gasteiger partial charge in [-0.1, -0.05) is 37.5 Å². The molecule has 6 heteroatoms. The molecule has 0 saturated heterocycles. The molecule has 0 unspecified atom stereocenters. The molecule has 5 nitrogen and oxygen atoms in total. The number of esters is 1. The molecule has 1 aromatic carbocycles. The lowest BCUT2D eigenvalue weighted by Crippen LogP contribution is -2.60. The van der Waals surface area contributed by atoms with Crippen LogP contribution in [0, 0.1) is 17.8 Å². The standard InChI is InChI=1S/C28H35NO4S/c30-25(29-28-13-18-10-19(14-28)12-20(11-18)15-28)16-32-27(31)26-23(17-34-21-6-2-1-3-7-21)22-8-4-5-9-24(22)33-26/h4-5,8-9,18-21H,1-3,6-7,10-17H2,(H,29,30). The lowest BCUT2D eigenvalue weighted by Gasteiger charge is -2.56. The third-order valence-corrected chi connectivity index (χ3v) is 10.1. The van der Waals surface area contributed by atoms with Crippen LogP contribution in [-0.4, -0.2) is 29.3 Å². The van der Waals surface area contributed by atoms with Crippen LogP contribution in [0.15, 0.2) is 28.7 Å². The van der Waals surface area contributed by atoms with E-state index in [2.05, 4.69) is 5.32 Å². The zero-order chi connectivity index (χ0) is 23.1. The number of fused-ring (bicyclic) bond motifs is 1. The molecule has 1 heterocycles. The first kappa shape index (κ1) is 22.5. The normalized spacial score (nSPS) is 30.5. The van der Waals surface area contributed by atoms with E-state index in [0.717, 1.165) is 53.7 Å². The van der Waals surface area contributed by atoms with E-state index in [1.54, 1.807) is 0 Å². The number of nitrogens with one attached hydrogen (secondary N) is 1. The maximum absolute atomic E-state index is 13.0. The molecule has 1 N–H and O–H groups in total. The molecule has 182 valence electrons. The predicted octanol–water partition coefficient (Wildman–Crippen LogP) is 6.24. The van der Waals surface area contributed by atoms with Crippen molar-refractivity contribution in [2.75, 3.05) is 6.61 Å². The maximum Gasteiger partial charge on any atom is 0.375 e. The Morgan fingerprint density at radius 3 is 2.38 bits per heavy atom. The second-order valence-electron chi connectivity index (χ2n) is 11.3. The van der Waals surface area contributed by atoms with Crippen LogP contribution in [0.2, 0.25) is 0 Å². The predicted molar refractivity (Wildman–Crippen MR) is 134 cm³/mol. The molecule has 1 aromatic heterocycles. The Balaban J connectivity index is 1.11. The Kier molecular flexibility index (Phi) is 6.13. The Labute approximate surface area is 205 Å². The van der Waals surface area contributed by atoms with Crippen molar-refractivity contribution in [3.05, 3.63) is 35.6 Å². The summed E-state index contributed by atoms with van der Waals surface area (Å²) in [6, 6.07) is 7.78. The first-order valence-electron chi connectivity index (χ1n) is 13.2. The van der Waals surface area contributed by atoms with E-state index in [9.17, 15) is 9.59 Å². The third kappa shape index (κ3) is 4.50. The Hall–Kier alpha value is -1.95. The number of hydrogen-bond acceptors (Lipinski definition) is 5. The summed E-state index contributed by atoms with van der Waals surface area (Å²) in [5.74, 6) is 2.55. The fourth-order valence-corrected chi connectivity index (χ4v) is 8.99. The molecule has 2 aromatic rings. The topological polar surface area (TPSA) is 68.5 Å². The Morgan fingerprint density at radius 2 is 1.68 bits per heavy atom. The molecule has 34 heavy (non-hydrogen) atoms. The van der Waals surface area contributed by atoms with Crippen LogP contribution in [0.5, 0.6) is 0 Å². The number of benzene rings is 1. The molecule has 5 aliphatic rings. The minimum Gasteiger partial charge on any atom is -0.450 e. The van der Waals surface area contributed by atoms with E-state index >= 15 is 0 Å². The van der Waals surface area contributed by atoms with Crippen molar-refractivity contribution in [1.82, 2.24) is 5.32 Å². The summed E-state index contributed by atoms with van der Waals surface area (Å²) < 4.78 is 11.5. The minimum atomic E-state index is -0.531. The van der Waals surface area contributed by atoms with E-state index < -0.39 is 5.97 Å². The molecule has 7 rings (SSSR count). The molecule has 0 atom stereocenters. The van der Waals surface area contributed by atoms with Crippen LogP contribution in [0.25, 0.3) is 11.0 Å². The molecule has 0 spiro atoms. The highest BCUT2D eigenvalue weighted by Gasteiger charge is 2.51. The van der Waals surface area contributed by atoms with Crippen molar-refractivity contribution < 1.29 is 18.7 Å². The first-order chi connectivity index (χ1) is 16.6. The van der Waals surface area contributed by atoms with Crippen LogP contribution in [0.3, 0.4) is 0 Å². The second-order valence-corrected chi connectivity index (χ2v) is 12.6. The Morgan fingerprint density at radius 1 is 1.00 bits per heavy atom. The minimum absolute atomic E-state index is 0.0700. The van der Waals surface area contributed by atoms with Gasteiger partial charge in [-0.05, 0) is 75.2 Å². The summed E-state index contributed by atoms with van der Waals surface area (Å²) in [7, 11) is 0. The van der Waals surface area contributed by atoms with Gasteiger partial charge in [-0.3, -0.25) is 4.79 Å². The zero-order valence-electron chi connectivity index (χ0n) is 19.9. The summed E-state index contributed by atoms with van der Waals surface area (Å²) in [5.41, 5.74) is 1.53. The highest BCUT2D eigenvalue weighted by Crippen LogP contribution is 2.55. The van der Waals surface area contributed by atoms with Gasteiger partial charge in [-0.15, -0.1) is 0 Å². The molecule has 5 fully saturated rings. The molecule has 1 amide bonds. The zero-order valence-corrected chi connectivity index (χ0v) is 20.7. The highest BCUT2D eigenvalue weighted by molar-refractivity contribution is 7.99. The van der Waals surface area contributed by atoms with E-state index in [0.29, 0.717) is 10.8 Å². The van der Waals surface area contributed by atoms with Crippen molar-refractivity contribution >= 4 is 34.6 Å². The molecular formula is C28H35NO4S. The van der Waals surface area contributed by atoms with Crippen LogP contribution in [-0.2, 0) is 15.3 Å². The number of rotatable bonds is 7. The van der Waals surface area contributed by atoms with Crippen molar-refractivity contribution in [2.24, 2.45) is 17.8 Å². The number of carbonyl (C=O) groups is 2. The highest BCUT2D eigenvalue weighted by atomic mass is 32.2. The second kappa shape index (κ2) is 9.25. The van der Waals surface area contributed by atoms with Gasteiger partial charge in [0.05, 0.1) is 0 Å². The number of para-hydroxylation sites is 1.